The van der Waals surface area contributed by atoms with Gasteiger partial charge in [-0.15, -0.1) is 0 Å². The van der Waals surface area contributed by atoms with Crippen LogP contribution in [0.5, 0.6) is 0 Å². The van der Waals surface area contributed by atoms with E-state index in [4.69, 9.17) is 47.4 Å². The summed E-state index contributed by atoms with van der Waals surface area (Å²) in [6.07, 6.45) is -5.66. The van der Waals surface area contributed by atoms with Crippen molar-refractivity contribution >= 4 is 0 Å². The van der Waals surface area contributed by atoms with E-state index in [0.717, 1.165) is 27.8 Å². The van der Waals surface area contributed by atoms with Crippen molar-refractivity contribution in [1.82, 2.24) is 0 Å². The first-order valence-corrected chi connectivity index (χ1v) is 20.1. The van der Waals surface area contributed by atoms with E-state index in [1.165, 1.54) is 0 Å². The molecule has 5 unspecified atom stereocenters. The summed E-state index contributed by atoms with van der Waals surface area (Å²) in [5.74, 6) is 0. The van der Waals surface area contributed by atoms with Crippen LogP contribution in [0.25, 0.3) is 0 Å². The highest BCUT2D eigenvalue weighted by Crippen LogP contribution is 2.39. The maximum Gasteiger partial charge on any atom is 0.186 e. The van der Waals surface area contributed by atoms with Gasteiger partial charge in [0.2, 0.25) is 0 Å². The Hall–Kier alpha value is -4.30. The Balaban J connectivity index is 1.09. The third kappa shape index (κ3) is 10.7. The Morgan fingerprint density at radius 3 is 1.62 bits per heavy atom. The molecule has 5 aromatic rings. The zero-order valence-corrected chi connectivity index (χ0v) is 32.7. The lowest BCUT2D eigenvalue weighted by Gasteiger charge is -2.50. The molecule has 0 aromatic heterocycles. The first kappa shape index (κ1) is 40.5. The SMILES string of the molecule is CO[C@H]1OC2COC(c3ccccc3)O[C@H]2C(O[C@@H]2C[C@@H](OCc3ccccc3)[C@@H](OCc3ccccc3)C(COCc3ccccc3)O2)C1OCc1ccccc1. The smallest absolute Gasteiger partial charge is 0.186 e. The highest BCUT2D eigenvalue weighted by molar-refractivity contribution is 5.18. The molecule has 304 valence electrons. The lowest BCUT2D eigenvalue weighted by Crippen LogP contribution is -2.65. The molecule has 3 aliphatic heterocycles. The minimum Gasteiger partial charge on any atom is -0.374 e. The molecule has 0 spiro atoms. The van der Waals surface area contributed by atoms with E-state index >= 15 is 0 Å². The van der Waals surface area contributed by atoms with Gasteiger partial charge in [-0.2, -0.15) is 0 Å². The van der Waals surface area contributed by atoms with Crippen LogP contribution in [-0.2, 0) is 73.8 Å². The fourth-order valence-electron chi connectivity index (χ4n) is 7.69. The third-order valence-electron chi connectivity index (χ3n) is 10.7. The second-order valence-electron chi connectivity index (χ2n) is 14.8. The molecule has 8 rings (SSSR count). The second-order valence-corrected chi connectivity index (χ2v) is 14.8. The van der Waals surface area contributed by atoms with Crippen LogP contribution < -0.4 is 0 Å². The Morgan fingerprint density at radius 2 is 1.05 bits per heavy atom. The van der Waals surface area contributed by atoms with Crippen LogP contribution in [0.3, 0.4) is 0 Å². The van der Waals surface area contributed by atoms with E-state index in [-0.39, 0.29) is 13.2 Å². The van der Waals surface area contributed by atoms with E-state index in [1.54, 1.807) is 7.11 Å². The molecule has 0 amide bonds. The first-order chi connectivity index (χ1) is 28.7. The molecule has 0 N–H and O–H groups in total. The summed E-state index contributed by atoms with van der Waals surface area (Å²) >= 11 is 0. The van der Waals surface area contributed by atoms with Crippen molar-refractivity contribution < 1.29 is 47.4 Å². The highest BCUT2D eigenvalue weighted by Gasteiger charge is 2.53. The van der Waals surface area contributed by atoms with Gasteiger partial charge < -0.3 is 47.4 Å². The van der Waals surface area contributed by atoms with Crippen molar-refractivity contribution in [2.45, 2.75) is 94.4 Å². The molecule has 58 heavy (non-hydrogen) atoms. The number of benzene rings is 5. The fourth-order valence-corrected chi connectivity index (χ4v) is 7.69. The molecule has 3 heterocycles. The molecule has 10 nitrogen and oxygen atoms in total. The van der Waals surface area contributed by atoms with E-state index in [2.05, 4.69) is 24.3 Å². The van der Waals surface area contributed by atoms with Crippen molar-refractivity contribution in [2.24, 2.45) is 0 Å². The average Bonchev–Trinajstić information content (AvgIpc) is 3.29. The van der Waals surface area contributed by atoms with Gasteiger partial charge in [-0.3, -0.25) is 0 Å². The van der Waals surface area contributed by atoms with Gasteiger partial charge in [0.15, 0.2) is 18.9 Å². The van der Waals surface area contributed by atoms with Gasteiger partial charge in [0.05, 0.1) is 45.7 Å². The normalized spacial score (nSPS) is 28.4. The minimum absolute atomic E-state index is 0.244. The van der Waals surface area contributed by atoms with Gasteiger partial charge in [-0.1, -0.05) is 152 Å². The molecule has 0 saturated carbocycles. The van der Waals surface area contributed by atoms with Gasteiger partial charge in [-0.25, -0.2) is 0 Å². The molecule has 3 saturated heterocycles. The Labute approximate surface area is 340 Å². The molecule has 10 atom stereocenters. The van der Waals surface area contributed by atoms with Crippen molar-refractivity contribution in [3.8, 4) is 0 Å². The molecular weight excluding hydrogens is 737 g/mol. The molecule has 0 radical (unpaired) electrons. The maximum atomic E-state index is 7.13. The second kappa shape index (κ2) is 20.6. The molecular formula is C48H52O10. The van der Waals surface area contributed by atoms with Gasteiger partial charge in [0, 0.05) is 19.1 Å². The lowest BCUT2D eigenvalue weighted by atomic mass is 9.96. The van der Waals surface area contributed by atoms with Gasteiger partial charge in [0.25, 0.3) is 0 Å². The van der Waals surface area contributed by atoms with Crippen molar-refractivity contribution in [1.29, 1.82) is 0 Å². The lowest BCUT2D eigenvalue weighted by molar-refractivity contribution is -0.388. The average molecular weight is 789 g/mol. The van der Waals surface area contributed by atoms with Crippen LogP contribution in [0.4, 0.5) is 0 Å². The summed E-state index contributed by atoms with van der Waals surface area (Å²) in [4.78, 5) is 0. The summed E-state index contributed by atoms with van der Waals surface area (Å²) < 4.78 is 65.9. The number of hydrogen-bond donors (Lipinski definition) is 0. The van der Waals surface area contributed by atoms with Gasteiger partial charge in [-0.05, 0) is 22.3 Å². The van der Waals surface area contributed by atoms with E-state index in [9.17, 15) is 0 Å². The summed E-state index contributed by atoms with van der Waals surface area (Å²) in [5, 5.41) is 0. The van der Waals surface area contributed by atoms with E-state index in [1.807, 2.05) is 127 Å². The topological polar surface area (TPSA) is 92.3 Å². The minimum atomic E-state index is -0.767. The van der Waals surface area contributed by atoms with E-state index < -0.39 is 61.6 Å². The van der Waals surface area contributed by atoms with Crippen molar-refractivity contribution in [2.75, 3.05) is 20.3 Å². The zero-order valence-electron chi connectivity index (χ0n) is 32.7. The molecule has 3 fully saturated rings. The quantitative estimate of drug-likeness (QED) is 0.0925. The first-order valence-electron chi connectivity index (χ1n) is 20.1. The monoisotopic (exact) mass is 788 g/mol. The largest absolute Gasteiger partial charge is 0.374 e. The van der Waals surface area contributed by atoms with Crippen LogP contribution in [0.15, 0.2) is 152 Å². The Kier molecular flexibility index (Phi) is 14.4. The summed E-state index contributed by atoms with van der Waals surface area (Å²) in [6.45, 7) is 2.00. The van der Waals surface area contributed by atoms with Crippen LogP contribution in [0.1, 0.15) is 40.5 Å². The predicted octanol–water partition coefficient (Wildman–Crippen LogP) is 7.95. The molecule has 3 aliphatic rings. The van der Waals surface area contributed by atoms with Crippen LogP contribution in [0.2, 0.25) is 0 Å². The number of rotatable bonds is 17. The standard InChI is InChI=1S/C48H52O10/c1-49-48-46(53-31-37-23-13-5-14-24-37)45(44-41(56-48)33-54-47(58-44)38-25-15-6-16-26-38)57-42-27-39(51-29-35-19-9-3-10-20-35)43(52-30-36-21-11-4-12-22-36)40(55-42)32-50-28-34-17-7-2-8-18-34/h2-26,39-48H,27-33H2,1H3/t39-,40?,41?,42-,43-,44-,45?,46?,47?,48+/m1/s1. The van der Waals surface area contributed by atoms with Gasteiger partial charge in [0.1, 0.15) is 36.6 Å². The third-order valence-corrected chi connectivity index (χ3v) is 10.7. The van der Waals surface area contributed by atoms with E-state index in [0.29, 0.717) is 32.8 Å². The summed E-state index contributed by atoms with van der Waals surface area (Å²) in [7, 11) is 1.61. The Bertz CT molecular complexity index is 1900. The molecule has 5 aromatic carbocycles. The summed E-state index contributed by atoms with van der Waals surface area (Å²) in [6, 6.07) is 50.2. The van der Waals surface area contributed by atoms with Crippen molar-refractivity contribution in [3.63, 3.8) is 0 Å². The molecule has 10 heteroatoms. The maximum absolute atomic E-state index is 7.13. The van der Waals surface area contributed by atoms with Crippen molar-refractivity contribution in [3.05, 3.63) is 179 Å². The van der Waals surface area contributed by atoms with Gasteiger partial charge >= 0.3 is 0 Å². The summed E-state index contributed by atoms with van der Waals surface area (Å²) in [5.41, 5.74) is 5.07. The Morgan fingerprint density at radius 1 is 0.534 bits per heavy atom. The molecule has 0 aliphatic carbocycles. The zero-order chi connectivity index (χ0) is 39.4. The predicted molar refractivity (Wildman–Crippen MR) is 215 cm³/mol. The molecule has 0 bridgehead atoms. The highest BCUT2D eigenvalue weighted by atomic mass is 16.8. The van der Waals surface area contributed by atoms with Crippen LogP contribution in [0, 0.1) is 0 Å². The number of hydrogen-bond acceptors (Lipinski definition) is 10. The van der Waals surface area contributed by atoms with Crippen LogP contribution >= 0.6 is 0 Å². The number of methoxy groups -OCH3 is 1. The fraction of sp³-hybridized carbons (Fsp3) is 0.375. The number of fused-ring (bicyclic) bond motifs is 1. The number of ether oxygens (including phenoxy) is 10. The van der Waals surface area contributed by atoms with Crippen LogP contribution in [-0.4, -0.2) is 75.6 Å².